The predicted molar refractivity (Wildman–Crippen MR) is 83.6 cm³/mol. The van der Waals surface area contributed by atoms with Crippen molar-refractivity contribution in [1.29, 1.82) is 0 Å². The van der Waals surface area contributed by atoms with Gasteiger partial charge in [0.15, 0.2) is 5.76 Å². The van der Waals surface area contributed by atoms with Crippen LogP contribution >= 0.6 is 0 Å². The average Bonchev–Trinajstić information content (AvgIpc) is 3.15. The fraction of sp³-hybridized carbons (Fsp3) is 0.750. The third kappa shape index (κ3) is 3.27. The van der Waals surface area contributed by atoms with E-state index in [-0.39, 0.29) is 18.1 Å². The number of rotatable bonds is 3. The van der Waals surface area contributed by atoms with Crippen LogP contribution in [0.1, 0.15) is 50.1 Å². The van der Waals surface area contributed by atoms with E-state index < -0.39 is 0 Å². The Hall–Kier alpha value is -1.56. The summed E-state index contributed by atoms with van der Waals surface area (Å²) >= 11 is 0. The summed E-state index contributed by atoms with van der Waals surface area (Å²) in [6.07, 6.45) is 4.20. The summed E-state index contributed by atoms with van der Waals surface area (Å²) in [7, 11) is 0. The van der Waals surface area contributed by atoms with E-state index in [2.05, 4.69) is 22.3 Å². The van der Waals surface area contributed by atoms with Gasteiger partial charge in [-0.3, -0.25) is 0 Å². The van der Waals surface area contributed by atoms with Crippen LogP contribution in [-0.2, 0) is 0 Å². The minimum atomic E-state index is 0.0343. The molecule has 6 heteroatoms. The number of nitrogens with one attached hydrogen (secondary N) is 1. The molecule has 2 amide bonds. The van der Waals surface area contributed by atoms with E-state index >= 15 is 0 Å². The van der Waals surface area contributed by atoms with Gasteiger partial charge in [-0.25, -0.2) is 4.79 Å². The van der Waals surface area contributed by atoms with Crippen LogP contribution in [0.5, 0.6) is 0 Å². The zero-order valence-electron chi connectivity index (χ0n) is 13.5. The minimum absolute atomic E-state index is 0.0343. The van der Waals surface area contributed by atoms with Crippen LogP contribution in [0.3, 0.4) is 0 Å². The highest BCUT2D eigenvalue weighted by molar-refractivity contribution is 5.75. The number of likely N-dealkylation sites (tertiary alicyclic amines) is 2. The monoisotopic (exact) mass is 306 g/mol. The molecular weight excluding hydrogens is 280 g/mol. The summed E-state index contributed by atoms with van der Waals surface area (Å²) < 4.78 is 5.37. The van der Waals surface area contributed by atoms with Gasteiger partial charge < -0.3 is 19.6 Å². The lowest BCUT2D eigenvalue weighted by Gasteiger charge is -2.34. The maximum atomic E-state index is 12.6. The molecule has 0 aromatic carbocycles. The van der Waals surface area contributed by atoms with Gasteiger partial charge in [0, 0.05) is 25.2 Å². The molecule has 6 nitrogen and oxygen atoms in total. The highest BCUT2D eigenvalue weighted by Crippen LogP contribution is 2.32. The second-order valence-corrected chi connectivity index (χ2v) is 6.40. The van der Waals surface area contributed by atoms with Gasteiger partial charge >= 0.3 is 6.03 Å². The van der Waals surface area contributed by atoms with E-state index in [0.29, 0.717) is 0 Å². The molecule has 2 fully saturated rings. The Kier molecular flexibility index (Phi) is 4.66. The van der Waals surface area contributed by atoms with Crippen LogP contribution in [0.2, 0.25) is 0 Å². The number of hydrogen-bond acceptors (Lipinski definition) is 4. The Morgan fingerprint density at radius 2 is 2.23 bits per heavy atom. The second-order valence-electron chi connectivity index (χ2n) is 6.40. The fourth-order valence-corrected chi connectivity index (χ4v) is 3.56. The van der Waals surface area contributed by atoms with Crippen LogP contribution in [0.25, 0.3) is 0 Å². The number of aryl methyl sites for hydroxylation is 1. The third-order valence-electron chi connectivity index (χ3n) is 4.77. The maximum Gasteiger partial charge on any atom is 0.318 e. The molecule has 2 aliphatic rings. The summed E-state index contributed by atoms with van der Waals surface area (Å²) in [6, 6.07) is 2.28. The van der Waals surface area contributed by atoms with Gasteiger partial charge in [-0.05, 0) is 45.7 Å². The number of carbonyl (C=O) groups excluding carboxylic acids is 1. The van der Waals surface area contributed by atoms with Gasteiger partial charge in [0.1, 0.15) is 0 Å². The quantitative estimate of drug-likeness (QED) is 0.931. The first kappa shape index (κ1) is 15.3. The molecule has 3 rings (SSSR count). The molecule has 1 N–H and O–H groups in total. The van der Waals surface area contributed by atoms with Crippen LogP contribution in [0, 0.1) is 6.92 Å². The van der Waals surface area contributed by atoms with Gasteiger partial charge in [0.2, 0.25) is 0 Å². The lowest BCUT2D eigenvalue weighted by atomic mass is 10.1. The van der Waals surface area contributed by atoms with E-state index in [4.69, 9.17) is 4.52 Å². The average molecular weight is 306 g/mol. The topological polar surface area (TPSA) is 61.6 Å². The number of nitrogens with zero attached hydrogens (tertiary/aromatic N) is 3. The lowest BCUT2D eigenvalue weighted by molar-refractivity contribution is 0.161. The molecule has 0 aliphatic carbocycles. The molecule has 0 saturated carbocycles. The van der Waals surface area contributed by atoms with E-state index in [1.165, 1.54) is 0 Å². The molecule has 2 saturated heterocycles. The van der Waals surface area contributed by atoms with E-state index in [0.717, 1.165) is 63.3 Å². The van der Waals surface area contributed by atoms with Crippen molar-refractivity contribution in [2.75, 3.05) is 26.2 Å². The SMILES string of the molecule is CCN1CCC[C@H](NC(=O)N2CCC[C@H]2c2cc(C)no2)C1. The van der Waals surface area contributed by atoms with Crippen LogP contribution in [-0.4, -0.2) is 53.2 Å². The van der Waals surface area contributed by atoms with Crippen molar-refractivity contribution in [1.82, 2.24) is 20.3 Å². The zero-order chi connectivity index (χ0) is 15.5. The highest BCUT2D eigenvalue weighted by atomic mass is 16.5. The van der Waals surface area contributed by atoms with Crippen molar-refractivity contribution < 1.29 is 9.32 Å². The Balaban J connectivity index is 1.61. The third-order valence-corrected chi connectivity index (χ3v) is 4.77. The lowest BCUT2D eigenvalue weighted by Crippen LogP contribution is -2.51. The summed E-state index contributed by atoms with van der Waals surface area (Å²) in [5.41, 5.74) is 0.869. The first-order chi connectivity index (χ1) is 10.7. The van der Waals surface area contributed by atoms with Crippen molar-refractivity contribution in [3.05, 3.63) is 17.5 Å². The summed E-state index contributed by atoms with van der Waals surface area (Å²) in [6.45, 7) is 8.03. The van der Waals surface area contributed by atoms with Crippen molar-refractivity contribution in [2.24, 2.45) is 0 Å². The molecule has 0 spiro atoms. The Morgan fingerprint density at radius 1 is 1.41 bits per heavy atom. The number of amides is 2. The molecular formula is C16H26N4O2. The number of hydrogen-bond donors (Lipinski definition) is 1. The summed E-state index contributed by atoms with van der Waals surface area (Å²) in [5, 5.41) is 7.17. The van der Waals surface area contributed by atoms with Gasteiger partial charge in [0.25, 0.3) is 0 Å². The van der Waals surface area contributed by atoms with Crippen LogP contribution in [0.15, 0.2) is 10.6 Å². The highest BCUT2D eigenvalue weighted by Gasteiger charge is 2.34. The van der Waals surface area contributed by atoms with E-state index in [1.807, 2.05) is 17.9 Å². The standard InChI is InChI=1S/C16H26N4O2/c1-3-19-8-4-6-13(11-19)17-16(21)20-9-5-7-14(20)15-10-12(2)18-22-15/h10,13-14H,3-9,11H2,1-2H3,(H,17,21)/t13-,14-/m0/s1. The molecule has 3 heterocycles. The number of aromatic nitrogens is 1. The molecule has 0 radical (unpaired) electrons. The summed E-state index contributed by atoms with van der Waals surface area (Å²) in [5.74, 6) is 0.809. The Morgan fingerprint density at radius 3 is 2.95 bits per heavy atom. The molecule has 22 heavy (non-hydrogen) atoms. The van der Waals surface area contributed by atoms with Crippen LogP contribution in [0.4, 0.5) is 4.79 Å². The Bertz CT molecular complexity index is 516. The Labute approximate surface area is 131 Å². The predicted octanol–water partition coefficient (Wildman–Crippen LogP) is 2.31. The smallest absolute Gasteiger partial charge is 0.318 e. The van der Waals surface area contributed by atoms with Crippen molar-refractivity contribution in [3.63, 3.8) is 0 Å². The molecule has 122 valence electrons. The minimum Gasteiger partial charge on any atom is -0.359 e. The van der Waals surface area contributed by atoms with Crippen LogP contribution < -0.4 is 5.32 Å². The number of piperidine rings is 1. The second kappa shape index (κ2) is 6.69. The maximum absolute atomic E-state index is 12.6. The van der Waals surface area contributed by atoms with Gasteiger partial charge in [0.05, 0.1) is 11.7 Å². The molecule has 1 aromatic rings. The molecule has 2 atom stereocenters. The summed E-state index contributed by atoms with van der Waals surface area (Å²) in [4.78, 5) is 16.9. The van der Waals surface area contributed by atoms with Crippen molar-refractivity contribution in [3.8, 4) is 0 Å². The first-order valence-corrected chi connectivity index (χ1v) is 8.40. The zero-order valence-corrected chi connectivity index (χ0v) is 13.5. The van der Waals surface area contributed by atoms with Gasteiger partial charge in [-0.15, -0.1) is 0 Å². The van der Waals surface area contributed by atoms with E-state index in [9.17, 15) is 4.79 Å². The fourth-order valence-electron chi connectivity index (χ4n) is 3.56. The van der Waals surface area contributed by atoms with Crippen molar-refractivity contribution >= 4 is 6.03 Å². The van der Waals surface area contributed by atoms with Gasteiger partial charge in [-0.2, -0.15) is 0 Å². The number of urea groups is 1. The first-order valence-electron chi connectivity index (χ1n) is 8.40. The molecule has 0 bridgehead atoms. The molecule has 1 aromatic heterocycles. The molecule has 0 unspecified atom stereocenters. The van der Waals surface area contributed by atoms with E-state index in [1.54, 1.807) is 0 Å². The molecule has 2 aliphatic heterocycles. The number of likely N-dealkylation sites (N-methyl/N-ethyl adjacent to an activating group) is 1. The normalized spacial score (nSPS) is 26.4. The van der Waals surface area contributed by atoms with Gasteiger partial charge in [-0.1, -0.05) is 12.1 Å². The number of carbonyl (C=O) groups is 1. The van der Waals surface area contributed by atoms with Crippen molar-refractivity contribution in [2.45, 2.75) is 51.6 Å². The largest absolute Gasteiger partial charge is 0.359 e.